The molecule has 0 atom stereocenters. The number of methoxy groups -OCH3 is 1. The fraction of sp³-hybridized carbons (Fsp3) is 0.250. The third-order valence-electron chi connectivity index (χ3n) is 2.48. The Labute approximate surface area is 118 Å². The Morgan fingerprint density at radius 1 is 1.42 bits per heavy atom. The molecule has 0 aliphatic heterocycles. The first kappa shape index (κ1) is 13.5. The van der Waals surface area contributed by atoms with Gasteiger partial charge in [0.1, 0.15) is 5.75 Å². The van der Waals surface area contributed by atoms with Crippen molar-refractivity contribution in [1.82, 2.24) is 20.3 Å². The van der Waals surface area contributed by atoms with Crippen LogP contribution >= 0.6 is 15.9 Å². The average molecular weight is 325 g/mol. The monoisotopic (exact) mass is 324 g/mol. The lowest BCUT2D eigenvalue weighted by Crippen LogP contribution is -2.28. The highest BCUT2D eigenvalue weighted by Gasteiger charge is 2.10. The molecule has 6 nitrogen and oxygen atoms in total. The summed E-state index contributed by atoms with van der Waals surface area (Å²) in [5.74, 6) is 0.472. The zero-order valence-electron chi connectivity index (χ0n) is 10.3. The highest BCUT2D eigenvalue weighted by atomic mass is 79.9. The Kier molecular flexibility index (Phi) is 4.51. The first-order valence-electron chi connectivity index (χ1n) is 5.66. The van der Waals surface area contributed by atoms with Crippen LogP contribution in [-0.2, 0) is 6.54 Å². The van der Waals surface area contributed by atoms with Gasteiger partial charge in [0.2, 0.25) is 0 Å². The van der Waals surface area contributed by atoms with Crippen molar-refractivity contribution in [2.45, 2.75) is 6.54 Å². The molecule has 0 saturated heterocycles. The number of amides is 1. The summed E-state index contributed by atoms with van der Waals surface area (Å²) in [5, 5.41) is 10.7. The zero-order chi connectivity index (χ0) is 13.7. The van der Waals surface area contributed by atoms with E-state index in [1.165, 1.54) is 4.80 Å². The Morgan fingerprint density at radius 2 is 2.16 bits per heavy atom. The first-order valence-corrected chi connectivity index (χ1v) is 6.46. The number of hydrogen-bond acceptors (Lipinski definition) is 4. The molecule has 7 heteroatoms. The summed E-state index contributed by atoms with van der Waals surface area (Å²) >= 11 is 3.34. The number of hydrogen-bond donors (Lipinski definition) is 1. The van der Waals surface area contributed by atoms with Gasteiger partial charge in [-0.3, -0.25) is 4.79 Å². The maximum atomic E-state index is 12.0. The summed E-state index contributed by atoms with van der Waals surface area (Å²) in [6, 6.07) is 5.25. The second kappa shape index (κ2) is 6.33. The van der Waals surface area contributed by atoms with Gasteiger partial charge in [-0.1, -0.05) is 0 Å². The van der Waals surface area contributed by atoms with E-state index in [4.69, 9.17) is 4.74 Å². The Bertz CT molecular complexity index is 557. The molecule has 1 N–H and O–H groups in total. The normalized spacial score (nSPS) is 10.2. The van der Waals surface area contributed by atoms with Crippen LogP contribution in [0.3, 0.4) is 0 Å². The van der Waals surface area contributed by atoms with Crippen molar-refractivity contribution in [3.63, 3.8) is 0 Å². The van der Waals surface area contributed by atoms with E-state index in [-0.39, 0.29) is 5.91 Å². The van der Waals surface area contributed by atoms with Crippen LogP contribution in [0.1, 0.15) is 10.4 Å². The molecule has 1 amide bonds. The average Bonchev–Trinajstić information content (AvgIpc) is 2.92. The van der Waals surface area contributed by atoms with Crippen LogP contribution in [0.25, 0.3) is 0 Å². The molecule has 0 radical (unpaired) electrons. The van der Waals surface area contributed by atoms with Crippen molar-refractivity contribution in [3.8, 4) is 5.75 Å². The molecule has 0 aliphatic carbocycles. The van der Waals surface area contributed by atoms with E-state index >= 15 is 0 Å². The number of benzene rings is 1. The van der Waals surface area contributed by atoms with Gasteiger partial charge >= 0.3 is 0 Å². The lowest BCUT2D eigenvalue weighted by atomic mass is 10.2. The van der Waals surface area contributed by atoms with Crippen molar-refractivity contribution in [2.75, 3.05) is 13.7 Å². The van der Waals surface area contributed by atoms with E-state index < -0.39 is 0 Å². The molecule has 19 heavy (non-hydrogen) atoms. The van der Waals surface area contributed by atoms with Gasteiger partial charge in [0.25, 0.3) is 5.91 Å². The van der Waals surface area contributed by atoms with Gasteiger partial charge in [-0.15, -0.1) is 0 Å². The summed E-state index contributed by atoms with van der Waals surface area (Å²) < 4.78 is 5.82. The SMILES string of the molecule is COc1ccc(Br)c(C(=O)NCCn2nccn2)c1. The number of aromatic nitrogens is 3. The molecule has 2 aromatic rings. The van der Waals surface area contributed by atoms with Gasteiger partial charge in [0, 0.05) is 11.0 Å². The molecule has 0 spiro atoms. The predicted molar refractivity (Wildman–Crippen MR) is 73.0 cm³/mol. The topological polar surface area (TPSA) is 69.0 Å². The summed E-state index contributed by atoms with van der Waals surface area (Å²) in [6.45, 7) is 0.984. The number of nitrogens with one attached hydrogen (secondary N) is 1. The lowest BCUT2D eigenvalue weighted by Gasteiger charge is -2.08. The van der Waals surface area contributed by atoms with E-state index in [1.54, 1.807) is 37.7 Å². The molecule has 0 saturated carbocycles. The first-order chi connectivity index (χ1) is 9.20. The van der Waals surface area contributed by atoms with Crippen LogP contribution in [0.4, 0.5) is 0 Å². The van der Waals surface area contributed by atoms with E-state index in [0.717, 1.165) is 4.47 Å². The number of nitrogens with zero attached hydrogens (tertiary/aromatic N) is 3. The molecule has 1 heterocycles. The van der Waals surface area contributed by atoms with Crippen molar-refractivity contribution < 1.29 is 9.53 Å². The molecule has 0 fully saturated rings. The predicted octanol–water partition coefficient (Wildman–Crippen LogP) is 1.48. The number of carbonyl (C=O) groups is 1. The summed E-state index contributed by atoms with van der Waals surface area (Å²) in [7, 11) is 1.56. The van der Waals surface area contributed by atoms with E-state index in [1.807, 2.05) is 0 Å². The van der Waals surface area contributed by atoms with Gasteiger partial charge in [-0.25, -0.2) is 0 Å². The van der Waals surface area contributed by atoms with E-state index in [0.29, 0.717) is 24.4 Å². The molecule has 0 aliphatic rings. The Hall–Kier alpha value is -1.89. The van der Waals surface area contributed by atoms with Crippen LogP contribution in [0.5, 0.6) is 5.75 Å². The van der Waals surface area contributed by atoms with E-state index in [9.17, 15) is 4.79 Å². The third kappa shape index (κ3) is 3.54. The summed E-state index contributed by atoms with van der Waals surface area (Å²) in [4.78, 5) is 13.5. The van der Waals surface area contributed by atoms with Crippen LogP contribution in [0.15, 0.2) is 35.1 Å². The third-order valence-corrected chi connectivity index (χ3v) is 3.17. The second-order valence-corrected chi connectivity index (χ2v) is 4.58. The summed E-state index contributed by atoms with van der Waals surface area (Å²) in [6.07, 6.45) is 3.20. The van der Waals surface area contributed by atoms with E-state index in [2.05, 4.69) is 31.4 Å². The molecular formula is C12H13BrN4O2. The summed E-state index contributed by atoms with van der Waals surface area (Å²) in [5.41, 5.74) is 0.535. The maximum absolute atomic E-state index is 12.0. The number of carbonyl (C=O) groups excluding carboxylic acids is 1. The minimum atomic E-state index is -0.169. The van der Waals surface area contributed by atoms with Crippen molar-refractivity contribution in [1.29, 1.82) is 0 Å². The number of rotatable bonds is 5. The molecule has 1 aromatic heterocycles. The Morgan fingerprint density at radius 3 is 2.84 bits per heavy atom. The second-order valence-electron chi connectivity index (χ2n) is 3.73. The minimum Gasteiger partial charge on any atom is -0.497 e. The zero-order valence-corrected chi connectivity index (χ0v) is 11.9. The molecule has 0 bridgehead atoms. The van der Waals surface area contributed by atoms with Gasteiger partial charge in [-0.2, -0.15) is 15.0 Å². The van der Waals surface area contributed by atoms with Gasteiger partial charge < -0.3 is 10.1 Å². The van der Waals surface area contributed by atoms with Crippen LogP contribution in [0.2, 0.25) is 0 Å². The standard InChI is InChI=1S/C12H13BrN4O2/c1-19-9-2-3-11(13)10(8-9)12(18)14-6-7-17-15-4-5-16-17/h2-5,8H,6-7H2,1H3,(H,14,18). The van der Waals surface area contributed by atoms with Crippen molar-refractivity contribution in [2.24, 2.45) is 0 Å². The molecule has 0 unspecified atom stereocenters. The number of ether oxygens (including phenoxy) is 1. The minimum absolute atomic E-state index is 0.169. The smallest absolute Gasteiger partial charge is 0.252 e. The highest BCUT2D eigenvalue weighted by Crippen LogP contribution is 2.22. The van der Waals surface area contributed by atoms with Crippen molar-refractivity contribution in [3.05, 3.63) is 40.6 Å². The lowest BCUT2D eigenvalue weighted by molar-refractivity contribution is 0.0950. The van der Waals surface area contributed by atoms with Crippen LogP contribution < -0.4 is 10.1 Å². The molecular weight excluding hydrogens is 312 g/mol. The quantitative estimate of drug-likeness (QED) is 0.904. The molecule has 1 aromatic carbocycles. The van der Waals surface area contributed by atoms with Gasteiger partial charge in [-0.05, 0) is 34.1 Å². The number of halogens is 1. The maximum Gasteiger partial charge on any atom is 0.252 e. The van der Waals surface area contributed by atoms with Crippen LogP contribution in [0, 0.1) is 0 Å². The van der Waals surface area contributed by atoms with Crippen LogP contribution in [-0.4, -0.2) is 34.6 Å². The van der Waals surface area contributed by atoms with Crippen molar-refractivity contribution >= 4 is 21.8 Å². The highest BCUT2D eigenvalue weighted by molar-refractivity contribution is 9.10. The fourth-order valence-corrected chi connectivity index (χ4v) is 1.96. The van der Waals surface area contributed by atoms with Gasteiger partial charge in [0.05, 0.1) is 31.6 Å². The molecule has 100 valence electrons. The largest absolute Gasteiger partial charge is 0.497 e. The molecule has 2 rings (SSSR count). The fourth-order valence-electron chi connectivity index (χ4n) is 1.53. The Balaban J connectivity index is 1.95. The van der Waals surface area contributed by atoms with Gasteiger partial charge in [0.15, 0.2) is 0 Å².